The van der Waals surface area contributed by atoms with E-state index in [1.165, 1.54) is 6.42 Å². The second-order valence-electron chi connectivity index (χ2n) is 8.03. The van der Waals surface area contributed by atoms with E-state index in [-0.39, 0.29) is 16.2 Å². The number of carbonyl (C=O) groups excluding carboxylic acids is 1. The first kappa shape index (κ1) is 17.3. The largest absolute Gasteiger partial charge is 0.495 e. The first-order chi connectivity index (χ1) is 11.9. The molecular formula is C19H23Cl2NO3. The van der Waals surface area contributed by atoms with E-state index in [0.29, 0.717) is 34.0 Å². The number of carbonyl (C=O) groups is 1. The average Bonchev–Trinajstić information content (AvgIpc) is 2.53. The Balaban J connectivity index is 1.62. The zero-order valence-electron chi connectivity index (χ0n) is 14.5. The third-order valence-electron chi connectivity index (χ3n) is 6.19. The molecule has 0 aliphatic heterocycles. The Hall–Kier alpha value is -1.13. The van der Waals surface area contributed by atoms with Crippen LogP contribution in [-0.4, -0.2) is 25.0 Å². The molecule has 25 heavy (non-hydrogen) atoms. The van der Waals surface area contributed by atoms with Gasteiger partial charge in [-0.3, -0.25) is 4.79 Å². The van der Waals surface area contributed by atoms with Crippen LogP contribution < -0.4 is 14.8 Å². The van der Waals surface area contributed by atoms with E-state index in [1.54, 1.807) is 26.4 Å². The van der Waals surface area contributed by atoms with Crippen LogP contribution in [0.5, 0.6) is 11.5 Å². The van der Waals surface area contributed by atoms with Crippen LogP contribution in [0.4, 0.5) is 5.69 Å². The number of ether oxygens (including phenoxy) is 2. The zero-order valence-corrected chi connectivity index (χ0v) is 16.0. The summed E-state index contributed by atoms with van der Waals surface area (Å²) in [6, 6.07) is 3.38. The summed E-state index contributed by atoms with van der Waals surface area (Å²) in [5.74, 6) is 2.24. The maximum atomic E-state index is 13.3. The summed E-state index contributed by atoms with van der Waals surface area (Å²) in [5, 5.41) is 3.53. The van der Waals surface area contributed by atoms with Gasteiger partial charge in [0.2, 0.25) is 5.91 Å². The molecule has 4 fully saturated rings. The lowest BCUT2D eigenvalue weighted by molar-refractivity contribution is -0.138. The second kappa shape index (κ2) is 5.95. The number of alkyl halides is 1. The molecule has 1 N–H and O–H groups in total. The zero-order chi connectivity index (χ0) is 17.8. The molecule has 4 bridgehead atoms. The van der Waals surface area contributed by atoms with Gasteiger partial charge in [0, 0.05) is 17.0 Å². The van der Waals surface area contributed by atoms with Crippen LogP contribution in [0, 0.1) is 17.3 Å². The molecule has 5 rings (SSSR count). The van der Waals surface area contributed by atoms with E-state index in [4.69, 9.17) is 32.7 Å². The van der Waals surface area contributed by atoms with Crippen LogP contribution in [0.2, 0.25) is 5.02 Å². The highest BCUT2D eigenvalue weighted by Crippen LogP contribution is 2.64. The molecule has 4 saturated carbocycles. The fourth-order valence-corrected chi connectivity index (χ4v) is 6.55. The van der Waals surface area contributed by atoms with E-state index >= 15 is 0 Å². The minimum atomic E-state index is -0.357. The van der Waals surface area contributed by atoms with Gasteiger partial charge in [-0.15, -0.1) is 11.6 Å². The highest BCUT2D eigenvalue weighted by atomic mass is 35.5. The maximum absolute atomic E-state index is 13.3. The summed E-state index contributed by atoms with van der Waals surface area (Å²) < 4.78 is 10.7. The molecule has 0 heterocycles. The summed E-state index contributed by atoms with van der Waals surface area (Å²) in [6.07, 6.45) is 5.99. The molecule has 0 saturated heterocycles. The van der Waals surface area contributed by atoms with Crippen molar-refractivity contribution in [2.75, 3.05) is 19.5 Å². The molecule has 0 radical (unpaired) electrons. The number of methoxy groups -OCH3 is 2. The predicted molar refractivity (Wildman–Crippen MR) is 98.9 cm³/mol. The fourth-order valence-electron chi connectivity index (χ4n) is 5.63. The molecule has 1 aromatic rings. The number of benzene rings is 1. The monoisotopic (exact) mass is 383 g/mol. The number of hydrogen-bond donors (Lipinski definition) is 1. The molecule has 136 valence electrons. The first-order valence-corrected chi connectivity index (χ1v) is 9.54. The van der Waals surface area contributed by atoms with Gasteiger partial charge in [-0.05, 0) is 50.4 Å². The number of hydrogen-bond acceptors (Lipinski definition) is 3. The van der Waals surface area contributed by atoms with Gasteiger partial charge in [-0.2, -0.15) is 0 Å². The Bertz CT molecular complexity index is 707. The minimum absolute atomic E-state index is 0.0503. The smallest absolute Gasteiger partial charge is 0.230 e. The van der Waals surface area contributed by atoms with E-state index in [2.05, 4.69) is 5.32 Å². The van der Waals surface area contributed by atoms with Gasteiger partial charge < -0.3 is 14.8 Å². The van der Waals surface area contributed by atoms with E-state index in [9.17, 15) is 4.79 Å². The fraction of sp³-hybridized carbons (Fsp3) is 0.632. The van der Waals surface area contributed by atoms with Gasteiger partial charge in [-0.1, -0.05) is 11.6 Å². The quantitative estimate of drug-likeness (QED) is 0.754. The first-order valence-electron chi connectivity index (χ1n) is 8.78. The third-order valence-corrected chi connectivity index (χ3v) is 6.93. The Morgan fingerprint density at radius 1 is 1.12 bits per heavy atom. The molecule has 6 heteroatoms. The third kappa shape index (κ3) is 2.87. The van der Waals surface area contributed by atoms with Crippen molar-refractivity contribution in [1.29, 1.82) is 0 Å². The van der Waals surface area contributed by atoms with Crippen molar-refractivity contribution in [2.45, 2.75) is 43.4 Å². The lowest BCUT2D eigenvalue weighted by Gasteiger charge is -2.59. The molecule has 2 unspecified atom stereocenters. The molecule has 2 atom stereocenters. The van der Waals surface area contributed by atoms with Gasteiger partial charge >= 0.3 is 0 Å². The van der Waals surface area contributed by atoms with Crippen LogP contribution in [0.25, 0.3) is 0 Å². The molecule has 4 aliphatic rings. The van der Waals surface area contributed by atoms with E-state index in [1.807, 2.05) is 0 Å². The van der Waals surface area contributed by atoms with Crippen LogP contribution in [-0.2, 0) is 4.79 Å². The Morgan fingerprint density at radius 3 is 2.32 bits per heavy atom. The summed E-state index contributed by atoms with van der Waals surface area (Å²) in [5.41, 5.74) is 0.233. The molecule has 4 aliphatic carbocycles. The van der Waals surface area contributed by atoms with Crippen molar-refractivity contribution in [3.8, 4) is 11.5 Å². The average molecular weight is 384 g/mol. The molecule has 0 aromatic heterocycles. The van der Waals surface area contributed by atoms with E-state index in [0.717, 1.165) is 32.1 Å². The predicted octanol–water partition coefficient (Wildman–Crippen LogP) is 4.87. The molecule has 1 amide bonds. The molecule has 4 nitrogen and oxygen atoms in total. The lowest BCUT2D eigenvalue weighted by Crippen LogP contribution is -2.57. The van der Waals surface area contributed by atoms with Gasteiger partial charge in [0.15, 0.2) is 0 Å². The van der Waals surface area contributed by atoms with Crippen molar-refractivity contribution in [2.24, 2.45) is 17.3 Å². The Morgan fingerprint density at radius 2 is 1.76 bits per heavy atom. The SMILES string of the molecule is COc1cc(NC(=O)C23CC4CC(CC(Cl)(C4)C2)C3)c(OC)cc1Cl. The number of nitrogens with one attached hydrogen (secondary N) is 1. The van der Waals surface area contributed by atoms with Gasteiger partial charge in [-0.25, -0.2) is 0 Å². The topological polar surface area (TPSA) is 47.6 Å². The number of halogens is 2. The Labute approximate surface area is 158 Å². The van der Waals surface area contributed by atoms with Gasteiger partial charge in [0.25, 0.3) is 0 Å². The van der Waals surface area contributed by atoms with Crippen molar-refractivity contribution in [1.82, 2.24) is 0 Å². The highest BCUT2D eigenvalue weighted by molar-refractivity contribution is 6.32. The molecule has 1 aromatic carbocycles. The molecular weight excluding hydrogens is 361 g/mol. The van der Waals surface area contributed by atoms with Gasteiger partial charge in [0.1, 0.15) is 11.5 Å². The Kier molecular flexibility index (Phi) is 4.12. The molecule has 0 spiro atoms. The van der Waals surface area contributed by atoms with Crippen molar-refractivity contribution < 1.29 is 14.3 Å². The van der Waals surface area contributed by atoms with Crippen LogP contribution in [0.3, 0.4) is 0 Å². The van der Waals surface area contributed by atoms with Crippen LogP contribution in [0.15, 0.2) is 12.1 Å². The number of anilines is 1. The second-order valence-corrected chi connectivity index (χ2v) is 9.24. The van der Waals surface area contributed by atoms with Crippen molar-refractivity contribution in [3.63, 3.8) is 0 Å². The van der Waals surface area contributed by atoms with Gasteiger partial charge in [0.05, 0.1) is 30.3 Å². The van der Waals surface area contributed by atoms with Crippen LogP contribution >= 0.6 is 23.2 Å². The standard InChI is InChI=1S/C19H23Cl2NO3/c1-24-15-5-14(16(25-2)4-13(15)20)22-17(23)18-6-11-3-12(7-18)9-19(21,8-11)10-18/h4-5,11-12H,3,6-10H2,1-2H3,(H,22,23). The van der Waals surface area contributed by atoms with Crippen LogP contribution in [0.1, 0.15) is 38.5 Å². The summed E-state index contributed by atoms with van der Waals surface area (Å²) in [4.78, 5) is 13.1. The normalized spacial score (nSPS) is 35.5. The summed E-state index contributed by atoms with van der Waals surface area (Å²) >= 11 is 13.0. The summed E-state index contributed by atoms with van der Waals surface area (Å²) in [7, 11) is 3.11. The minimum Gasteiger partial charge on any atom is -0.495 e. The van der Waals surface area contributed by atoms with Crippen molar-refractivity contribution >= 4 is 34.8 Å². The summed E-state index contributed by atoms with van der Waals surface area (Å²) in [6.45, 7) is 0. The van der Waals surface area contributed by atoms with E-state index < -0.39 is 0 Å². The maximum Gasteiger partial charge on any atom is 0.230 e. The number of rotatable bonds is 4. The number of amides is 1. The van der Waals surface area contributed by atoms with Crippen molar-refractivity contribution in [3.05, 3.63) is 17.2 Å². The lowest BCUT2D eigenvalue weighted by atomic mass is 9.49. The highest BCUT2D eigenvalue weighted by Gasteiger charge is 2.60.